The molecular formula is C21H30BrN3O. The van der Waals surface area contributed by atoms with E-state index in [4.69, 9.17) is 5.73 Å². The fourth-order valence-corrected chi connectivity index (χ4v) is 3.85. The van der Waals surface area contributed by atoms with Gasteiger partial charge < -0.3 is 10.6 Å². The van der Waals surface area contributed by atoms with E-state index in [9.17, 15) is 4.79 Å². The number of Topliss-reactive ketones (excluding diaryl/α,β-unsaturated/α-hetero) is 1. The number of nitrogens with zero attached hydrogens (tertiary/aromatic N) is 2. The van der Waals surface area contributed by atoms with Crippen molar-refractivity contribution in [2.75, 3.05) is 26.4 Å². The summed E-state index contributed by atoms with van der Waals surface area (Å²) in [4.78, 5) is 18.2. The molecule has 2 aromatic rings. The van der Waals surface area contributed by atoms with Crippen LogP contribution in [0.3, 0.4) is 0 Å². The average Bonchev–Trinajstić information content (AvgIpc) is 2.63. The van der Waals surface area contributed by atoms with E-state index in [2.05, 4.69) is 39.9 Å². The Morgan fingerprint density at radius 2 is 1.96 bits per heavy atom. The van der Waals surface area contributed by atoms with Gasteiger partial charge in [0.05, 0.1) is 16.8 Å². The number of nitrogens with two attached hydrogens (primary N) is 1. The van der Waals surface area contributed by atoms with Crippen LogP contribution in [0.2, 0.25) is 0 Å². The number of pyridine rings is 1. The van der Waals surface area contributed by atoms with Crippen molar-refractivity contribution in [3.05, 3.63) is 34.4 Å². The molecule has 1 aromatic carbocycles. The zero-order valence-electron chi connectivity index (χ0n) is 16.1. The van der Waals surface area contributed by atoms with Crippen molar-refractivity contribution in [1.82, 2.24) is 9.88 Å². The average molecular weight is 420 g/mol. The molecule has 26 heavy (non-hydrogen) atoms. The lowest BCUT2D eigenvalue weighted by Gasteiger charge is -2.24. The molecule has 0 spiro atoms. The van der Waals surface area contributed by atoms with Gasteiger partial charge in [-0.2, -0.15) is 0 Å². The van der Waals surface area contributed by atoms with Crippen molar-refractivity contribution in [3.8, 4) is 0 Å². The predicted octanol–water partition coefficient (Wildman–Crippen LogP) is 5.30. The number of ketones is 1. The number of nitrogen functional groups attached to an aromatic ring is 1. The lowest BCUT2D eigenvalue weighted by molar-refractivity contribution is 0.0989. The second-order valence-corrected chi connectivity index (χ2v) is 8.21. The van der Waals surface area contributed by atoms with Crippen LogP contribution in [0, 0.1) is 5.92 Å². The second-order valence-electron chi connectivity index (χ2n) is 7.29. The molecule has 0 unspecified atom stereocenters. The highest BCUT2D eigenvalue weighted by Gasteiger charge is 2.13. The number of aromatic nitrogens is 1. The van der Waals surface area contributed by atoms with Crippen LogP contribution in [-0.4, -0.2) is 36.3 Å². The minimum atomic E-state index is 0.0203. The van der Waals surface area contributed by atoms with Crippen molar-refractivity contribution in [3.63, 3.8) is 0 Å². The zero-order valence-corrected chi connectivity index (χ0v) is 17.7. The molecule has 0 atom stereocenters. The van der Waals surface area contributed by atoms with E-state index in [-0.39, 0.29) is 5.78 Å². The predicted molar refractivity (Wildman–Crippen MR) is 114 cm³/mol. The van der Waals surface area contributed by atoms with Crippen molar-refractivity contribution in [2.24, 2.45) is 5.92 Å². The largest absolute Gasteiger partial charge is 0.398 e. The first-order valence-electron chi connectivity index (χ1n) is 9.44. The highest BCUT2D eigenvalue weighted by Crippen LogP contribution is 2.26. The summed E-state index contributed by atoms with van der Waals surface area (Å²) in [6, 6.07) is 5.65. The van der Waals surface area contributed by atoms with Gasteiger partial charge in [0.25, 0.3) is 0 Å². The smallest absolute Gasteiger partial charge is 0.166 e. The van der Waals surface area contributed by atoms with Gasteiger partial charge in [-0.1, -0.05) is 42.1 Å². The minimum Gasteiger partial charge on any atom is -0.398 e. The van der Waals surface area contributed by atoms with E-state index < -0.39 is 0 Å². The summed E-state index contributed by atoms with van der Waals surface area (Å²) >= 11 is 3.38. The molecule has 0 saturated heterocycles. The molecule has 1 saturated carbocycles. The number of benzene rings is 1. The molecule has 1 fully saturated rings. The molecule has 0 aliphatic heterocycles. The van der Waals surface area contributed by atoms with Crippen LogP contribution >= 0.6 is 15.9 Å². The van der Waals surface area contributed by atoms with Crippen LogP contribution in [0.5, 0.6) is 0 Å². The van der Waals surface area contributed by atoms with Crippen molar-refractivity contribution >= 4 is 38.3 Å². The SMILES string of the molecule is CCC(=O)c1cnc2ccc(Br)cc2c1N.CN(C)CC1CCCCC1. The molecule has 0 amide bonds. The fraction of sp³-hybridized carbons (Fsp3) is 0.524. The van der Waals surface area contributed by atoms with Gasteiger partial charge in [-0.3, -0.25) is 9.78 Å². The molecule has 2 N–H and O–H groups in total. The molecule has 4 nitrogen and oxygen atoms in total. The molecule has 0 radical (unpaired) electrons. The Bertz CT molecular complexity index is 739. The number of fused-ring (bicyclic) bond motifs is 1. The van der Waals surface area contributed by atoms with E-state index >= 15 is 0 Å². The Kier molecular flexibility index (Phi) is 8.04. The van der Waals surface area contributed by atoms with Crippen LogP contribution in [0.1, 0.15) is 55.8 Å². The van der Waals surface area contributed by atoms with Crippen LogP contribution in [0.15, 0.2) is 28.9 Å². The summed E-state index contributed by atoms with van der Waals surface area (Å²) in [5.41, 5.74) is 7.80. The van der Waals surface area contributed by atoms with Gasteiger partial charge in [-0.05, 0) is 51.1 Å². The van der Waals surface area contributed by atoms with E-state index in [1.807, 2.05) is 25.1 Å². The monoisotopic (exact) mass is 419 g/mol. The standard InChI is InChI=1S/C12H11BrN2O.C9H19N/c1-2-11(16)9-6-15-10-4-3-7(13)5-8(10)12(9)14;1-10(2)8-9-6-4-3-5-7-9/h3-6H,2H2,1H3,(H2,14,15);9H,3-8H2,1-2H3. The quantitative estimate of drug-likeness (QED) is 0.682. The summed E-state index contributed by atoms with van der Waals surface area (Å²) in [6.07, 6.45) is 9.35. The van der Waals surface area contributed by atoms with Crippen molar-refractivity contribution < 1.29 is 4.79 Å². The number of hydrogen-bond acceptors (Lipinski definition) is 4. The van der Waals surface area contributed by atoms with Gasteiger partial charge in [0.2, 0.25) is 0 Å². The summed E-state index contributed by atoms with van der Waals surface area (Å²) in [5, 5.41) is 0.814. The van der Waals surface area contributed by atoms with Gasteiger partial charge in [0.15, 0.2) is 5.78 Å². The van der Waals surface area contributed by atoms with Gasteiger partial charge in [-0.15, -0.1) is 0 Å². The minimum absolute atomic E-state index is 0.0203. The maximum Gasteiger partial charge on any atom is 0.166 e. The molecule has 1 aliphatic rings. The lowest BCUT2D eigenvalue weighted by Crippen LogP contribution is -2.23. The molecular weight excluding hydrogens is 390 g/mol. The van der Waals surface area contributed by atoms with Crippen LogP contribution in [0.4, 0.5) is 5.69 Å². The molecule has 1 heterocycles. The maximum atomic E-state index is 11.6. The summed E-state index contributed by atoms with van der Waals surface area (Å²) in [6.45, 7) is 3.12. The lowest BCUT2D eigenvalue weighted by atomic mass is 9.89. The molecule has 1 aliphatic carbocycles. The van der Waals surface area contributed by atoms with Crippen LogP contribution in [0.25, 0.3) is 10.9 Å². The molecule has 142 valence electrons. The van der Waals surface area contributed by atoms with E-state index in [0.29, 0.717) is 17.7 Å². The second kappa shape index (κ2) is 10.0. The fourth-order valence-electron chi connectivity index (χ4n) is 3.48. The summed E-state index contributed by atoms with van der Waals surface area (Å²) in [5.74, 6) is 1.02. The number of carbonyl (C=O) groups is 1. The van der Waals surface area contributed by atoms with Crippen molar-refractivity contribution in [2.45, 2.75) is 45.4 Å². The molecule has 1 aromatic heterocycles. The Balaban J connectivity index is 0.000000209. The number of hydrogen-bond donors (Lipinski definition) is 1. The maximum absolute atomic E-state index is 11.6. The third-order valence-corrected chi connectivity index (χ3v) is 5.33. The van der Waals surface area contributed by atoms with Gasteiger partial charge >= 0.3 is 0 Å². The Labute approximate surface area is 165 Å². The zero-order chi connectivity index (χ0) is 19.1. The third-order valence-electron chi connectivity index (χ3n) is 4.84. The number of rotatable bonds is 4. The Hall–Kier alpha value is -1.46. The molecule has 3 rings (SSSR count). The number of carbonyl (C=O) groups excluding carboxylic acids is 1. The van der Waals surface area contributed by atoms with E-state index in [1.54, 1.807) is 6.20 Å². The Morgan fingerprint density at radius 3 is 2.58 bits per heavy atom. The number of halogens is 1. The Morgan fingerprint density at radius 1 is 1.27 bits per heavy atom. The topological polar surface area (TPSA) is 59.2 Å². The van der Waals surface area contributed by atoms with E-state index in [1.165, 1.54) is 38.6 Å². The summed E-state index contributed by atoms with van der Waals surface area (Å²) < 4.78 is 0.926. The van der Waals surface area contributed by atoms with E-state index in [0.717, 1.165) is 21.3 Å². The molecule has 5 heteroatoms. The van der Waals surface area contributed by atoms with Gasteiger partial charge in [0.1, 0.15) is 0 Å². The first-order chi connectivity index (χ1) is 12.4. The van der Waals surface area contributed by atoms with Gasteiger partial charge in [0, 0.05) is 29.0 Å². The summed E-state index contributed by atoms with van der Waals surface area (Å²) in [7, 11) is 4.35. The normalized spacial score (nSPS) is 15.0. The highest BCUT2D eigenvalue weighted by atomic mass is 79.9. The third kappa shape index (κ3) is 5.78. The highest BCUT2D eigenvalue weighted by molar-refractivity contribution is 9.10. The molecule has 0 bridgehead atoms. The first-order valence-corrected chi connectivity index (χ1v) is 10.2. The van der Waals surface area contributed by atoms with Crippen molar-refractivity contribution in [1.29, 1.82) is 0 Å². The van der Waals surface area contributed by atoms with Crippen LogP contribution < -0.4 is 5.73 Å². The first kappa shape index (κ1) is 20.8. The van der Waals surface area contributed by atoms with Gasteiger partial charge in [-0.25, -0.2) is 0 Å². The van der Waals surface area contributed by atoms with Crippen LogP contribution in [-0.2, 0) is 0 Å². The number of anilines is 1.